The lowest BCUT2D eigenvalue weighted by Crippen LogP contribution is -2.38. The Morgan fingerprint density at radius 3 is 2.71 bits per heavy atom. The van der Waals surface area contributed by atoms with E-state index in [1.54, 1.807) is 4.90 Å². The SMILES string of the molecule is C[C@H]1CCCN(C(=O)C=CC(=O)[O-])C1. The average molecular weight is 196 g/mol. The molecule has 1 saturated heterocycles. The van der Waals surface area contributed by atoms with E-state index < -0.39 is 5.97 Å². The first-order valence-corrected chi connectivity index (χ1v) is 4.77. The minimum absolute atomic E-state index is 0.235. The summed E-state index contributed by atoms with van der Waals surface area (Å²) in [5.74, 6) is -1.06. The van der Waals surface area contributed by atoms with Crippen LogP contribution in [0.25, 0.3) is 0 Å². The van der Waals surface area contributed by atoms with E-state index in [4.69, 9.17) is 0 Å². The Hall–Kier alpha value is -1.32. The van der Waals surface area contributed by atoms with Crippen LogP contribution in [0.3, 0.4) is 0 Å². The van der Waals surface area contributed by atoms with Crippen LogP contribution >= 0.6 is 0 Å². The van der Waals surface area contributed by atoms with Gasteiger partial charge < -0.3 is 14.8 Å². The third kappa shape index (κ3) is 3.20. The molecule has 1 aliphatic heterocycles. The third-order valence-corrected chi connectivity index (χ3v) is 2.33. The number of carbonyl (C=O) groups is 2. The standard InChI is InChI=1S/C10H15NO3/c1-8-3-2-6-11(7-8)9(12)4-5-10(13)14/h4-5,8H,2-3,6-7H2,1H3,(H,13,14)/p-1/t8-/m0/s1. The monoisotopic (exact) mass is 196 g/mol. The number of hydrogen-bond acceptors (Lipinski definition) is 3. The molecule has 1 amide bonds. The van der Waals surface area contributed by atoms with Crippen molar-refractivity contribution in [1.82, 2.24) is 4.90 Å². The molecule has 1 heterocycles. The van der Waals surface area contributed by atoms with Crippen LogP contribution in [0.15, 0.2) is 12.2 Å². The minimum atomic E-state index is -1.33. The fourth-order valence-corrected chi connectivity index (χ4v) is 1.63. The van der Waals surface area contributed by atoms with Crippen LogP contribution in [0.2, 0.25) is 0 Å². The van der Waals surface area contributed by atoms with Crippen LogP contribution in [0, 0.1) is 5.92 Å². The van der Waals surface area contributed by atoms with Gasteiger partial charge in [-0.1, -0.05) is 6.92 Å². The Labute approximate surface area is 83.2 Å². The Morgan fingerprint density at radius 1 is 1.43 bits per heavy atom. The van der Waals surface area contributed by atoms with Crippen molar-refractivity contribution in [2.45, 2.75) is 19.8 Å². The van der Waals surface area contributed by atoms with Crippen LogP contribution in [0.4, 0.5) is 0 Å². The van der Waals surface area contributed by atoms with Crippen LogP contribution in [-0.2, 0) is 9.59 Å². The van der Waals surface area contributed by atoms with Gasteiger partial charge in [0.1, 0.15) is 0 Å². The summed E-state index contributed by atoms with van der Waals surface area (Å²) >= 11 is 0. The maximum atomic E-state index is 11.4. The highest BCUT2D eigenvalue weighted by Crippen LogP contribution is 2.15. The van der Waals surface area contributed by atoms with Gasteiger partial charge in [0, 0.05) is 19.2 Å². The molecule has 0 unspecified atom stereocenters. The number of nitrogens with zero attached hydrogens (tertiary/aromatic N) is 1. The van der Waals surface area contributed by atoms with Gasteiger partial charge >= 0.3 is 0 Å². The second-order valence-corrected chi connectivity index (χ2v) is 3.68. The highest BCUT2D eigenvalue weighted by atomic mass is 16.4. The third-order valence-electron chi connectivity index (χ3n) is 2.33. The van der Waals surface area contributed by atoms with Gasteiger partial charge in [-0.25, -0.2) is 0 Å². The molecular weight excluding hydrogens is 182 g/mol. The quantitative estimate of drug-likeness (QED) is 0.562. The molecule has 1 atom stereocenters. The molecule has 1 fully saturated rings. The summed E-state index contributed by atoms with van der Waals surface area (Å²) in [6.45, 7) is 3.53. The summed E-state index contributed by atoms with van der Waals surface area (Å²) in [6, 6.07) is 0. The van der Waals surface area contributed by atoms with E-state index in [1.807, 2.05) is 0 Å². The maximum absolute atomic E-state index is 11.4. The first kappa shape index (κ1) is 10.8. The molecule has 1 rings (SSSR count). The van der Waals surface area contributed by atoms with E-state index in [-0.39, 0.29) is 5.91 Å². The van der Waals surface area contributed by atoms with E-state index >= 15 is 0 Å². The molecule has 14 heavy (non-hydrogen) atoms. The number of piperidine rings is 1. The second kappa shape index (κ2) is 4.79. The molecule has 0 aromatic heterocycles. The highest BCUT2D eigenvalue weighted by molar-refractivity contribution is 5.93. The normalized spacial score (nSPS) is 22.6. The molecule has 0 aromatic rings. The zero-order valence-corrected chi connectivity index (χ0v) is 8.23. The lowest BCUT2D eigenvalue weighted by atomic mass is 10.0. The number of carboxylic acid groups (broad SMARTS) is 1. The van der Waals surface area contributed by atoms with E-state index in [1.165, 1.54) is 0 Å². The Balaban J connectivity index is 2.47. The smallest absolute Gasteiger partial charge is 0.246 e. The van der Waals surface area contributed by atoms with Crippen molar-refractivity contribution in [2.24, 2.45) is 5.92 Å². The number of hydrogen-bond donors (Lipinski definition) is 0. The molecule has 0 radical (unpaired) electrons. The Morgan fingerprint density at radius 2 is 2.14 bits per heavy atom. The molecule has 0 saturated carbocycles. The fraction of sp³-hybridized carbons (Fsp3) is 0.600. The van der Waals surface area contributed by atoms with Crippen molar-refractivity contribution in [3.63, 3.8) is 0 Å². The van der Waals surface area contributed by atoms with E-state index in [9.17, 15) is 14.7 Å². The van der Waals surface area contributed by atoms with Crippen LogP contribution < -0.4 is 5.11 Å². The van der Waals surface area contributed by atoms with Crippen molar-refractivity contribution >= 4 is 11.9 Å². The molecule has 0 N–H and O–H groups in total. The van der Waals surface area contributed by atoms with Gasteiger partial charge in [-0.2, -0.15) is 0 Å². The summed E-state index contributed by atoms with van der Waals surface area (Å²) < 4.78 is 0. The molecule has 78 valence electrons. The first-order valence-electron chi connectivity index (χ1n) is 4.77. The molecule has 4 heteroatoms. The van der Waals surface area contributed by atoms with Crippen molar-refractivity contribution in [3.8, 4) is 0 Å². The number of amides is 1. The second-order valence-electron chi connectivity index (χ2n) is 3.68. The van der Waals surface area contributed by atoms with Gasteiger partial charge in [0.25, 0.3) is 0 Å². The topological polar surface area (TPSA) is 60.4 Å². The van der Waals surface area contributed by atoms with E-state index in [0.29, 0.717) is 5.92 Å². The van der Waals surface area contributed by atoms with Gasteiger partial charge in [0.15, 0.2) is 0 Å². The van der Waals surface area contributed by atoms with E-state index in [0.717, 1.165) is 38.1 Å². The number of carbonyl (C=O) groups excluding carboxylic acids is 2. The number of carboxylic acids is 1. The van der Waals surface area contributed by atoms with Gasteiger partial charge in [0.05, 0.1) is 5.97 Å². The largest absolute Gasteiger partial charge is 0.545 e. The average Bonchev–Trinajstić information content (AvgIpc) is 2.14. The minimum Gasteiger partial charge on any atom is -0.545 e. The molecule has 1 aliphatic rings. The summed E-state index contributed by atoms with van der Waals surface area (Å²) in [4.78, 5) is 23.2. The summed E-state index contributed by atoms with van der Waals surface area (Å²) in [7, 11) is 0. The zero-order valence-electron chi connectivity index (χ0n) is 8.23. The number of likely N-dealkylation sites (tertiary alicyclic amines) is 1. The lowest BCUT2D eigenvalue weighted by molar-refractivity contribution is -0.297. The predicted molar refractivity (Wildman–Crippen MR) is 49.1 cm³/mol. The van der Waals surface area contributed by atoms with E-state index in [2.05, 4.69) is 6.92 Å². The van der Waals surface area contributed by atoms with Crippen molar-refractivity contribution in [2.75, 3.05) is 13.1 Å². The zero-order chi connectivity index (χ0) is 10.6. The Bertz CT molecular complexity index is 260. The van der Waals surface area contributed by atoms with Gasteiger partial charge in [-0.05, 0) is 24.8 Å². The maximum Gasteiger partial charge on any atom is 0.246 e. The van der Waals surface area contributed by atoms with Gasteiger partial charge in [0.2, 0.25) is 5.91 Å². The molecule has 0 spiro atoms. The van der Waals surface area contributed by atoms with Crippen molar-refractivity contribution in [1.29, 1.82) is 0 Å². The highest BCUT2D eigenvalue weighted by Gasteiger charge is 2.18. The van der Waals surface area contributed by atoms with Crippen molar-refractivity contribution < 1.29 is 14.7 Å². The lowest BCUT2D eigenvalue weighted by Gasteiger charge is -2.30. The summed E-state index contributed by atoms with van der Waals surface area (Å²) in [5.41, 5.74) is 0. The fourth-order valence-electron chi connectivity index (χ4n) is 1.63. The predicted octanol–water partition coefficient (Wildman–Crippen LogP) is -0.449. The first-order chi connectivity index (χ1) is 6.59. The summed E-state index contributed by atoms with van der Waals surface area (Å²) in [6.07, 6.45) is 3.97. The molecule has 0 bridgehead atoms. The number of rotatable bonds is 2. The summed E-state index contributed by atoms with van der Waals surface area (Å²) in [5, 5.41) is 10.1. The van der Waals surface area contributed by atoms with Gasteiger partial charge in [-0.3, -0.25) is 4.79 Å². The van der Waals surface area contributed by atoms with Crippen molar-refractivity contribution in [3.05, 3.63) is 12.2 Å². The van der Waals surface area contributed by atoms with Gasteiger partial charge in [-0.15, -0.1) is 0 Å². The van der Waals surface area contributed by atoms with Crippen LogP contribution in [0.5, 0.6) is 0 Å². The molecule has 4 nitrogen and oxygen atoms in total. The Kier molecular flexibility index (Phi) is 3.68. The van der Waals surface area contributed by atoms with Crippen LogP contribution in [-0.4, -0.2) is 29.9 Å². The number of aliphatic carboxylic acids is 1. The molecule has 0 aliphatic carbocycles. The van der Waals surface area contributed by atoms with Crippen LogP contribution in [0.1, 0.15) is 19.8 Å². The molecule has 0 aromatic carbocycles. The molecular formula is C10H14NO3-.